The van der Waals surface area contributed by atoms with E-state index in [1.54, 1.807) is 18.2 Å². The minimum Gasteiger partial charge on any atom is -0.326 e. The minimum atomic E-state index is -0.255. The number of aryl methyl sites for hydroxylation is 2. The summed E-state index contributed by atoms with van der Waals surface area (Å²) in [5.41, 5.74) is 3.49. The van der Waals surface area contributed by atoms with E-state index in [0.717, 1.165) is 16.8 Å². The third-order valence-corrected chi connectivity index (χ3v) is 6.33. The fraction of sp³-hybridized carbons (Fsp3) is 0.273. The van der Waals surface area contributed by atoms with Crippen LogP contribution in [-0.4, -0.2) is 32.3 Å². The zero-order chi connectivity index (χ0) is 23.3. The number of halogens is 2. The lowest BCUT2D eigenvalue weighted by Crippen LogP contribution is -2.18. The molecular weight excluding hydrogens is 469 g/mol. The van der Waals surface area contributed by atoms with E-state index in [-0.39, 0.29) is 24.0 Å². The molecule has 0 spiro atoms. The topological polar surface area (TPSA) is 88.9 Å². The molecule has 0 bridgehead atoms. The van der Waals surface area contributed by atoms with Crippen molar-refractivity contribution >= 4 is 58.2 Å². The van der Waals surface area contributed by atoms with Gasteiger partial charge in [-0.2, -0.15) is 0 Å². The van der Waals surface area contributed by atoms with Crippen LogP contribution in [0.4, 0.5) is 11.4 Å². The molecule has 7 nitrogen and oxygen atoms in total. The summed E-state index contributed by atoms with van der Waals surface area (Å²) < 4.78 is 1.82. The molecule has 1 aromatic heterocycles. The van der Waals surface area contributed by atoms with Crippen molar-refractivity contribution < 1.29 is 9.59 Å². The van der Waals surface area contributed by atoms with Gasteiger partial charge >= 0.3 is 0 Å². The molecule has 0 aliphatic carbocycles. The van der Waals surface area contributed by atoms with Crippen LogP contribution in [-0.2, 0) is 22.6 Å². The number of thioether (sulfide) groups is 1. The molecule has 0 fully saturated rings. The molecule has 0 atom stereocenters. The van der Waals surface area contributed by atoms with Crippen LogP contribution in [0.1, 0.15) is 23.9 Å². The van der Waals surface area contributed by atoms with E-state index in [4.69, 9.17) is 23.2 Å². The maximum atomic E-state index is 12.4. The van der Waals surface area contributed by atoms with Gasteiger partial charge in [-0.25, -0.2) is 0 Å². The van der Waals surface area contributed by atoms with Gasteiger partial charge in [-0.05, 0) is 50.6 Å². The molecule has 0 saturated carbocycles. The van der Waals surface area contributed by atoms with Gasteiger partial charge in [0.1, 0.15) is 5.82 Å². The smallest absolute Gasteiger partial charge is 0.234 e. The van der Waals surface area contributed by atoms with Crippen molar-refractivity contribution in [3.05, 3.63) is 63.4 Å². The first-order valence-corrected chi connectivity index (χ1v) is 11.7. The predicted octanol–water partition coefficient (Wildman–Crippen LogP) is 5.13. The Morgan fingerprint density at radius 1 is 1.00 bits per heavy atom. The Morgan fingerprint density at radius 2 is 1.78 bits per heavy atom. The van der Waals surface area contributed by atoms with E-state index in [2.05, 4.69) is 20.8 Å². The average Bonchev–Trinajstić information content (AvgIpc) is 3.12. The number of carbonyl (C=O) groups is 2. The molecule has 0 radical (unpaired) electrons. The van der Waals surface area contributed by atoms with Gasteiger partial charge in [-0.3, -0.25) is 9.59 Å². The van der Waals surface area contributed by atoms with Gasteiger partial charge < -0.3 is 15.2 Å². The Hall–Kier alpha value is -2.55. The Labute approximate surface area is 200 Å². The second-order valence-corrected chi connectivity index (χ2v) is 8.91. The second kappa shape index (κ2) is 10.8. The largest absolute Gasteiger partial charge is 0.326 e. The van der Waals surface area contributed by atoms with Crippen LogP contribution in [0.15, 0.2) is 41.6 Å². The number of aromatic nitrogens is 3. The van der Waals surface area contributed by atoms with Crippen molar-refractivity contribution in [2.75, 3.05) is 16.4 Å². The number of hydrogen-bond donors (Lipinski definition) is 2. The first-order valence-electron chi connectivity index (χ1n) is 9.93. The Kier molecular flexibility index (Phi) is 8.17. The number of hydrogen-bond acceptors (Lipinski definition) is 5. The quantitative estimate of drug-likeness (QED) is 0.426. The Bertz CT molecular complexity index is 1150. The van der Waals surface area contributed by atoms with Crippen molar-refractivity contribution in [3.8, 4) is 0 Å². The number of anilines is 2. The molecule has 10 heteroatoms. The van der Waals surface area contributed by atoms with E-state index in [0.29, 0.717) is 33.3 Å². The lowest BCUT2D eigenvalue weighted by Gasteiger charge is -2.10. The van der Waals surface area contributed by atoms with Crippen LogP contribution >= 0.6 is 35.0 Å². The summed E-state index contributed by atoms with van der Waals surface area (Å²) in [6.07, 6.45) is 0.0381. The molecule has 32 heavy (non-hydrogen) atoms. The number of carbonyl (C=O) groups excluding carboxylic acids is 2. The summed E-state index contributed by atoms with van der Waals surface area (Å²) in [6.45, 7) is 6.47. The second-order valence-electron chi connectivity index (χ2n) is 7.15. The van der Waals surface area contributed by atoms with Crippen LogP contribution in [0.3, 0.4) is 0 Å². The summed E-state index contributed by atoms with van der Waals surface area (Å²) in [5, 5.41) is 15.3. The highest BCUT2D eigenvalue weighted by Gasteiger charge is 2.16. The summed E-state index contributed by atoms with van der Waals surface area (Å²) in [6, 6.07) is 10.7. The highest BCUT2D eigenvalue weighted by atomic mass is 35.5. The summed E-state index contributed by atoms with van der Waals surface area (Å²) in [5.74, 6) is 0.310. The van der Waals surface area contributed by atoms with Gasteiger partial charge in [0.15, 0.2) is 5.16 Å². The SMILES string of the molecule is CCn1c(CC(=O)Nc2ccc(Cl)c(Cl)c2)nnc1SCC(=O)Nc1ccc(C)cc1C. The molecule has 0 saturated heterocycles. The molecule has 0 unspecified atom stereocenters. The minimum absolute atomic E-state index is 0.0381. The molecule has 2 amide bonds. The summed E-state index contributed by atoms with van der Waals surface area (Å²) >= 11 is 13.2. The normalized spacial score (nSPS) is 10.8. The number of benzene rings is 2. The Morgan fingerprint density at radius 3 is 2.47 bits per heavy atom. The first kappa shape index (κ1) is 24.1. The third-order valence-electron chi connectivity index (χ3n) is 4.62. The number of nitrogens with one attached hydrogen (secondary N) is 2. The maximum absolute atomic E-state index is 12.4. The van der Waals surface area contributed by atoms with Crippen molar-refractivity contribution in [2.24, 2.45) is 0 Å². The molecule has 1 heterocycles. The lowest BCUT2D eigenvalue weighted by molar-refractivity contribution is -0.116. The van der Waals surface area contributed by atoms with Gasteiger partial charge in [-0.15, -0.1) is 10.2 Å². The molecule has 2 aromatic carbocycles. The van der Waals surface area contributed by atoms with Crippen molar-refractivity contribution in [3.63, 3.8) is 0 Å². The highest BCUT2D eigenvalue weighted by molar-refractivity contribution is 7.99. The van der Waals surface area contributed by atoms with E-state index >= 15 is 0 Å². The van der Waals surface area contributed by atoms with Gasteiger partial charge in [0.2, 0.25) is 11.8 Å². The van der Waals surface area contributed by atoms with E-state index < -0.39 is 0 Å². The predicted molar refractivity (Wildman–Crippen MR) is 130 cm³/mol. The fourth-order valence-electron chi connectivity index (χ4n) is 3.07. The molecule has 3 rings (SSSR count). The van der Waals surface area contributed by atoms with Crippen molar-refractivity contribution in [1.82, 2.24) is 14.8 Å². The average molecular weight is 492 g/mol. The first-order chi connectivity index (χ1) is 15.3. The Balaban J connectivity index is 1.59. The summed E-state index contributed by atoms with van der Waals surface area (Å²) in [4.78, 5) is 24.8. The van der Waals surface area contributed by atoms with Crippen molar-refractivity contribution in [2.45, 2.75) is 38.9 Å². The highest BCUT2D eigenvalue weighted by Crippen LogP contribution is 2.25. The fourth-order valence-corrected chi connectivity index (χ4v) is 4.19. The monoisotopic (exact) mass is 491 g/mol. The third kappa shape index (κ3) is 6.25. The standard InChI is InChI=1S/C22H23Cl2N5O2S/c1-4-29-19(11-20(30)25-15-6-7-16(23)17(24)10-15)27-28-22(29)32-12-21(31)26-18-8-5-13(2)9-14(18)3/h5-10H,4,11-12H2,1-3H3,(H,25,30)(H,26,31). The number of nitrogens with zero attached hydrogens (tertiary/aromatic N) is 3. The zero-order valence-corrected chi connectivity index (χ0v) is 20.2. The van der Waals surface area contributed by atoms with Crippen LogP contribution in [0.2, 0.25) is 10.0 Å². The molecule has 3 aromatic rings. The van der Waals surface area contributed by atoms with Gasteiger partial charge in [0.05, 0.1) is 22.2 Å². The van der Waals surface area contributed by atoms with Gasteiger partial charge in [0.25, 0.3) is 0 Å². The lowest BCUT2D eigenvalue weighted by atomic mass is 10.1. The van der Waals surface area contributed by atoms with Crippen LogP contribution < -0.4 is 10.6 Å². The maximum Gasteiger partial charge on any atom is 0.234 e. The summed E-state index contributed by atoms with van der Waals surface area (Å²) in [7, 11) is 0. The molecule has 2 N–H and O–H groups in total. The zero-order valence-electron chi connectivity index (χ0n) is 17.9. The number of amides is 2. The van der Waals surface area contributed by atoms with Crippen LogP contribution in [0, 0.1) is 13.8 Å². The van der Waals surface area contributed by atoms with Gasteiger partial charge in [-0.1, -0.05) is 52.7 Å². The molecule has 0 aliphatic heterocycles. The van der Waals surface area contributed by atoms with E-state index in [1.807, 2.05) is 43.5 Å². The van der Waals surface area contributed by atoms with Crippen LogP contribution in [0.5, 0.6) is 0 Å². The van der Waals surface area contributed by atoms with Crippen LogP contribution in [0.25, 0.3) is 0 Å². The molecule has 0 aliphatic rings. The molecule has 168 valence electrons. The molecular formula is C22H23Cl2N5O2S. The van der Waals surface area contributed by atoms with Gasteiger partial charge in [0, 0.05) is 17.9 Å². The van der Waals surface area contributed by atoms with E-state index in [9.17, 15) is 9.59 Å². The van der Waals surface area contributed by atoms with Crippen molar-refractivity contribution in [1.29, 1.82) is 0 Å². The number of rotatable bonds is 8. The van der Waals surface area contributed by atoms with E-state index in [1.165, 1.54) is 11.8 Å².